The molecule has 13 heavy (non-hydrogen) atoms. The van der Waals surface area contributed by atoms with Gasteiger partial charge in [0.05, 0.1) is 0 Å². The SMILES string of the molecule is CN[Si]1(OC)C(C)(C)CCC1(C)C. The lowest BCUT2D eigenvalue weighted by molar-refractivity contribution is 0.333. The van der Waals surface area contributed by atoms with E-state index in [9.17, 15) is 0 Å². The Bertz CT molecular complexity index is 179. The monoisotopic (exact) mass is 201 g/mol. The van der Waals surface area contributed by atoms with E-state index >= 15 is 0 Å². The van der Waals surface area contributed by atoms with Crippen molar-refractivity contribution in [3.63, 3.8) is 0 Å². The number of hydrogen-bond donors (Lipinski definition) is 1. The normalized spacial score (nSPS) is 29.1. The summed E-state index contributed by atoms with van der Waals surface area (Å²) < 4.78 is 5.91. The summed E-state index contributed by atoms with van der Waals surface area (Å²) in [6.45, 7) is 9.36. The molecule has 0 aromatic carbocycles. The summed E-state index contributed by atoms with van der Waals surface area (Å²) in [7, 11) is 2.15. The van der Waals surface area contributed by atoms with Crippen LogP contribution in [0.15, 0.2) is 0 Å². The summed E-state index contributed by atoms with van der Waals surface area (Å²) in [4.78, 5) is 3.52. The molecule has 0 unspecified atom stereocenters. The Morgan fingerprint density at radius 3 is 1.62 bits per heavy atom. The van der Waals surface area contributed by atoms with Gasteiger partial charge in [0.25, 0.3) is 8.48 Å². The third-order valence-corrected chi connectivity index (χ3v) is 9.57. The van der Waals surface area contributed by atoms with Gasteiger partial charge < -0.3 is 9.41 Å². The predicted octanol–water partition coefficient (Wildman–Crippen LogP) is 2.65. The lowest BCUT2D eigenvalue weighted by Gasteiger charge is -2.44. The van der Waals surface area contributed by atoms with Crippen LogP contribution in [0.3, 0.4) is 0 Å². The first-order valence-electron chi connectivity index (χ1n) is 5.07. The van der Waals surface area contributed by atoms with E-state index in [2.05, 4.69) is 39.7 Å². The highest BCUT2D eigenvalue weighted by molar-refractivity contribution is 6.78. The molecule has 1 rings (SSSR count). The Hall–Kier alpha value is 0.137. The van der Waals surface area contributed by atoms with Crippen LogP contribution in [0.1, 0.15) is 40.5 Å². The molecule has 1 N–H and O–H groups in total. The minimum Gasteiger partial charge on any atom is -0.406 e. The summed E-state index contributed by atoms with van der Waals surface area (Å²) in [6.07, 6.45) is 2.56. The Morgan fingerprint density at radius 2 is 1.46 bits per heavy atom. The van der Waals surface area contributed by atoms with Crippen molar-refractivity contribution in [1.29, 1.82) is 0 Å². The third-order valence-electron chi connectivity index (χ3n) is 3.94. The highest BCUT2D eigenvalue weighted by atomic mass is 28.4. The number of rotatable bonds is 2. The standard InChI is InChI=1S/C10H23NOSi/c1-9(2)7-8-10(3,4)13(9,11-5)12-6/h11H,7-8H2,1-6H3. The molecule has 0 bridgehead atoms. The molecule has 0 aliphatic carbocycles. The highest BCUT2D eigenvalue weighted by Crippen LogP contribution is 2.62. The molecule has 1 aliphatic heterocycles. The molecular formula is C10H23NOSi. The maximum Gasteiger partial charge on any atom is 0.279 e. The molecule has 1 aliphatic rings. The van der Waals surface area contributed by atoms with Crippen LogP contribution in [-0.4, -0.2) is 22.6 Å². The average Bonchev–Trinajstić information content (AvgIpc) is 2.20. The Kier molecular flexibility index (Phi) is 2.65. The fraction of sp³-hybridized carbons (Fsp3) is 1.00. The third kappa shape index (κ3) is 1.29. The fourth-order valence-corrected chi connectivity index (χ4v) is 8.67. The van der Waals surface area contributed by atoms with Crippen LogP contribution in [-0.2, 0) is 4.43 Å². The summed E-state index contributed by atoms with van der Waals surface area (Å²) in [5.74, 6) is 0. The summed E-state index contributed by atoms with van der Waals surface area (Å²) in [6, 6.07) is 0. The molecule has 78 valence electrons. The van der Waals surface area contributed by atoms with E-state index in [1.165, 1.54) is 12.8 Å². The first-order chi connectivity index (χ1) is 5.83. The van der Waals surface area contributed by atoms with Crippen molar-refractivity contribution in [3.05, 3.63) is 0 Å². The van der Waals surface area contributed by atoms with E-state index in [1.54, 1.807) is 0 Å². The van der Waals surface area contributed by atoms with Crippen LogP contribution in [0.5, 0.6) is 0 Å². The van der Waals surface area contributed by atoms with Crippen molar-refractivity contribution in [2.45, 2.75) is 50.6 Å². The molecule has 0 atom stereocenters. The van der Waals surface area contributed by atoms with Crippen molar-refractivity contribution in [3.8, 4) is 0 Å². The lowest BCUT2D eigenvalue weighted by atomic mass is 10.0. The van der Waals surface area contributed by atoms with E-state index in [0.29, 0.717) is 10.1 Å². The number of hydrogen-bond acceptors (Lipinski definition) is 2. The van der Waals surface area contributed by atoms with Crippen molar-refractivity contribution < 1.29 is 4.43 Å². The van der Waals surface area contributed by atoms with Gasteiger partial charge in [-0.1, -0.05) is 27.7 Å². The molecule has 1 fully saturated rings. The lowest BCUT2D eigenvalue weighted by Crippen LogP contribution is -2.61. The second kappa shape index (κ2) is 3.07. The smallest absolute Gasteiger partial charge is 0.279 e. The van der Waals surface area contributed by atoms with Crippen LogP contribution in [0.4, 0.5) is 0 Å². The molecule has 0 aromatic heterocycles. The van der Waals surface area contributed by atoms with Gasteiger partial charge in [-0.25, -0.2) is 0 Å². The average molecular weight is 201 g/mol. The second-order valence-corrected chi connectivity index (χ2v) is 10.4. The second-order valence-electron chi connectivity index (χ2n) is 5.40. The van der Waals surface area contributed by atoms with Crippen molar-refractivity contribution in [2.75, 3.05) is 14.2 Å². The van der Waals surface area contributed by atoms with Gasteiger partial charge in [-0.15, -0.1) is 0 Å². The molecule has 2 nitrogen and oxygen atoms in total. The quantitative estimate of drug-likeness (QED) is 0.694. The zero-order valence-corrected chi connectivity index (χ0v) is 10.8. The topological polar surface area (TPSA) is 21.3 Å². The van der Waals surface area contributed by atoms with Gasteiger partial charge >= 0.3 is 0 Å². The Labute approximate surface area is 83.3 Å². The van der Waals surface area contributed by atoms with Crippen LogP contribution >= 0.6 is 0 Å². The molecule has 0 spiro atoms. The van der Waals surface area contributed by atoms with Crippen molar-refractivity contribution in [2.24, 2.45) is 0 Å². The van der Waals surface area contributed by atoms with Gasteiger partial charge in [0.2, 0.25) is 0 Å². The maximum atomic E-state index is 5.91. The largest absolute Gasteiger partial charge is 0.406 e. The van der Waals surface area contributed by atoms with Gasteiger partial charge in [0.15, 0.2) is 0 Å². The maximum absolute atomic E-state index is 5.91. The van der Waals surface area contributed by atoms with E-state index in [4.69, 9.17) is 4.43 Å². The van der Waals surface area contributed by atoms with Gasteiger partial charge in [-0.2, -0.15) is 0 Å². The van der Waals surface area contributed by atoms with Crippen LogP contribution in [0, 0.1) is 0 Å². The van der Waals surface area contributed by atoms with Gasteiger partial charge in [-0.05, 0) is 30.0 Å². The van der Waals surface area contributed by atoms with E-state index in [0.717, 1.165) is 0 Å². The van der Waals surface area contributed by atoms with Crippen molar-refractivity contribution >= 4 is 8.48 Å². The number of nitrogens with one attached hydrogen (secondary N) is 1. The molecule has 0 radical (unpaired) electrons. The van der Waals surface area contributed by atoms with Gasteiger partial charge in [0, 0.05) is 7.11 Å². The molecule has 0 aromatic rings. The van der Waals surface area contributed by atoms with E-state index in [-0.39, 0.29) is 0 Å². The van der Waals surface area contributed by atoms with Gasteiger partial charge in [0.1, 0.15) is 0 Å². The zero-order valence-electron chi connectivity index (χ0n) is 9.82. The molecule has 1 saturated heterocycles. The van der Waals surface area contributed by atoms with Gasteiger partial charge in [-0.3, -0.25) is 0 Å². The summed E-state index contributed by atoms with van der Waals surface area (Å²) in [5, 5.41) is 0.694. The van der Waals surface area contributed by atoms with Crippen LogP contribution in [0.2, 0.25) is 10.1 Å². The Morgan fingerprint density at radius 1 is 1.08 bits per heavy atom. The molecule has 3 heteroatoms. The van der Waals surface area contributed by atoms with E-state index in [1.807, 2.05) is 7.11 Å². The minimum atomic E-state index is -1.79. The fourth-order valence-electron chi connectivity index (χ4n) is 3.22. The first kappa shape index (κ1) is 11.2. The molecule has 0 saturated carbocycles. The molecular weight excluding hydrogens is 178 g/mol. The van der Waals surface area contributed by atoms with Crippen molar-refractivity contribution in [1.82, 2.24) is 4.98 Å². The first-order valence-corrected chi connectivity index (χ1v) is 6.98. The zero-order chi connectivity index (χ0) is 10.3. The Balaban J connectivity index is 3.11. The molecule has 0 amide bonds. The molecule has 1 heterocycles. The minimum absolute atomic E-state index is 0.347. The predicted molar refractivity (Wildman–Crippen MR) is 59.1 cm³/mol. The van der Waals surface area contributed by atoms with Crippen LogP contribution in [0.25, 0.3) is 0 Å². The summed E-state index contributed by atoms with van der Waals surface area (Å²) in [5.41, 5.74) is 0. The van der Waals surface area contributed by atoms with E-state index < -0.39 is 8.48 Å². The summed E-state index contributed by atoms with van der Waals surface area (Å²) >= 11 is 0. The van der Waals surface area contributed by atoms with Crippen LogP contribution < -0.4 is 4.98 Å². The highest BCUT2D eigenvalue weighted by Gasteiger charge is 2.63.